The van der Waals surface area contributed by atoms with Crippen LogP contribution in [0.5, 0.6) is 0 Å². The quantitative estimate of drug-likeness (QED) is 0.244. The number of ether oxygens (including phenoxy) is 1. The second-order valence-corrected chi connectivity index (χ2v) is 5.45. The topological polar surface area (TPSA) is 46.5 Å². The fourth-order valence-corrected chi connectivity index (χ4v) is 2.02. The van der Waals surface area contributed by atoms with Gasteiger partial charge >= 0.3 is 5.97 Å². The van der Waals surface area contributed by atoms with Crippen LogP contribution in [-0.2, 0) is 9.53 Å². The number of carbonyl (C=O) groups is 1. The molecule has 0 aliphatic heterocycles. The molecule has 0 radical (unpaired) electrons. The minimum atomic E-state index is -0.957. The zero-order valence-corrected chi connectivity index (χ0v) is 13.5. The molecule has 118 valence electrons. The number of allylic oxidation sites excluding steroid dienone is 1. The number of carbonyl (C=O) groups excluding carboxylic acids is 1. The van der Waals surface area contributed by atoms with E-state index >= 15 is 0 Å². The first kappa shape index (κ1) is 19.2. The van der Waals surface area contributed by atoms with E-state index in [1.165, 1.54) is 44.9 Å². The lowest BCUT2D eigenvalue weighted by Crippen LogP contribution is -2.18. The zero-order chi connectivity index (χ0) is 15.2. The van der Waals surface area contributed by atoms with Gasteiger partial charge in [-0.15, -0.1) is 0 Å². The number of hydrogen-bond acceptors (Lipinski definition) is 3. The van der Waals surface area contributed by atoms with Crippen molar-refractivity contribution >= 4 is 5.97 Å². The summed E-state index contributed by atoms with van der Waals surface area (Å²) in [5.41, 5.74) is 0.538. The van der Waals surface area contributed by atoms with Crippen LogP contribution in [0.2, 0.25) is 0 Å². The molecule has 0 amide bonds. The highest BCUT2D eigenvalue weighted by Gasteiger charge is 2.11. The maximum absolute atomic E-state index is 11.4. The molecule has 1 N–H and O–H groups in total. The third kappa shape index (κ3) is 11.0. The van der Waals surface area contributed by atoms with Gasteiger partial charge < -0.3 is 9.84 Å². The summed E-state index contributed by atoms with van der Waals surface area (Å²) in [4.78, 5) is 11.4. The van der Waals surface area contributed by atoms with E-state index in [-0.39, 0.29) is 0 Å². The molecule has 0 spiro atoms. The van der Waals surface area contributed by atoms with Crippen molar-refractivity contribution in [1.29, 1.82) is 0 Å². The average molecular weight is 284 g/mol. The van der Waals surface area contributed by atoms with Gasteiger partial charge in [0.2, 0.25) is 6.29 Å². The van der Waals surface area contributed by atoms with Gasteiger partial charge in [-0.25, -0.2) is 4.79 Å². The molecule has 0 fully saturated rings. The Morgan fingerprint density at radius 2 is 1.55 bits per heavy atom. The second-order valence-electron chi connectivity index (χ2n) is 5.45. The highest BCUT2D eigenvalue weighted by Crippen LogP contribution is 2.12. The number of aliphatic hydroxyl groups is 1. The van der Waals surface area contributed by atoms with Gasteiger partial charge in [-0.05, 0) is 20.3 Å². The molecule has 0 rings (SSSR count). The molecular weight excluding hydrogens is 252 g/mol. The predicted molar refractivity (Wildman–Crippen MR) is 83.4 cm³/mol. The van der Waals surface area contributed by atoms with E-state index in [1.54, 1.807) is 19.9 Å². The Morgan fingerprint density at radius 3 is 2.05 bits per heavy atom. The van der Waals surface area contributed by atoms with E-state index in [4.69, 9.17) is 4.74 Å². The normalized spacial score (nSPS) is 13.3. The van der Waals surface area contributed by atoms with E-state index < -0.39 is 12.3 Å². The van der Waals surface area contributed by atoms with Crippen LogP contribution in [-0.4, -0.2) is 17.4 Å². The van der Waals surface area contributed by atoms with Crippen LogP contribution >= 0.6 is 0 Å². The lowest BCUT2D eigenvalue weighted by molar-refractivity contribution is -0.163. The fraction of sp³-hybridized carbons (Fsp3) is 0.824. The van der Waals surface area contributed by atoms with Crippen molar-refractivity contribution in [2.75, 3.05) is 0 Å². The smallest absolute Gasteiger partial charge is 0.335 e. The Morgan fingerprint density at radius 1 is 1.05 bits per heavy atom. The number of aliphatic hydroxyl groups excluding tert-OH is 1. The van der Waals surface area contributed by atoms with Crippen molar-refractivity contribution in [3.05, 3.63) is 11.6 Å². The summed E-state index contributed by atoms with van der Waals surface area (Å²) in [6.07, 6.45) is 12.4. The molecular formula is C17H32O3. The summed E-state index contributed by atoms with van der Waals surface area (Å²) in [6.45, 7) is 5.70. The first-order chi connectivity index (χ1) is 9.61. The molecule has 0 heterocycles. The lowest BCUT2D eigenvalue weighted by Gasteiger charge is -2.12. The van der Waals surface area contributed by atoms with E-state index in [0.29, 0.717) is 12.0 Å². The van der Waals surface area contributed by atoms with E-state index in [2.05, 4.69) is 6.92 Å². The van der Waals surface area contributed by atoms with Gasteiger partial charge in [0.25, 0.3) is 0 Å². The molecule has 20 heavy (non-hydrogen) atoms. The monoisotopic (exact) mass is 284 g/mol. The highest BCUT2D eigenvalue weighted by molar-refractivity contribution is 5.87. The number of hydrogen-bond donors (Lipinski definition) is 1. The van der Waals surface area contributed by atoms with Gasteiger partial charge in [-0.1, -0.05) is 64.4 Å². The molecule has 0 aliphatic rings. The largest absolute Gasteiger partial charge is 0.433 e. The average Bonchev–Trinajstić information content (AvgIpc) is 2.44. The second kappa shape index (κ2) is 13.2. The molecule has 3 nitrogen and oxygen atoms in total. The maximum atomic E-state index is 11.4. The first-order valence-corrected chi connectivity index (χ1v) is 8.13. The molecule has 0 aromatic rings. The molecule has 1 unspecified atom stereocenters. The Bertz CT molecular complexity index is 271. The highest BCUT2D eigenvalue weighted by atomic mass is 16.6. The van der Waals surface area contributed by atoms with Gasteiger partial charge in [0.15, 0.2) is 0 Å². The van der Waals surface area contributed by atoms with Crippen LogP contribution in [0.3, 0.4) is 0 Å². The SMILES string of the molecule is C/C=C(\C)C(=O)OC(O)CCCCCCCCCCC. The van der Waals surface area contributed by atoms with Crippen LogP contribution in [0.25, 0.3) is 0 Å². The predicted octanol–water partition coefficient (Wildman–Crippen LogP) is 4.74. The minimum absolute atomic E-state index is 0.420. The molecule has 1 atom stereocenters. The summed E-state index contributed by atoms with van der Waals surface area (Å²) in [5.74, 6) is -0.420. The third-order valence-electron chi connectivity index (χ3n) is 3.55. The summed E-state index contributed by atoms with van der Waals surface area (Å²) in [5, 5.41) is 9.59. The summed E-state index contributed by atoms with van der Waals surface area (Å²) in [7, 11) is 0. The summed E-state index contributed by atoms with van der Waals surface area (Å²) < 4.78 is 4.92. The molecule has 0 bridgehead atoms. The molecule has 0 saturated carbocycles. The Labute approximate surface area is 124 Å². The molecule has 0 aromatic heterocycles. The number of rotatable bonds is 12. The van der Waals surface area contributed by atoms with E-state index in [1.807, 2.05) is 0 Å². The van der Waals surface area contributed by atoms with Crippen molar-refractivity contribution in [1.82, 2.24) is 0 Å². The van der Waals surface area contributed by atoms with Gasteiger partial charge in [0.1, 0.15) is 0 Å². The van der Waals surface area contributed by atoms with Crippen LogP contribution < -0.4 is 0 Å². The van der Waals surface area contributed by atoms with Gasteiger partial charge in [-0.3, -0.25) is 0 Å². The van der Waals surface area contributed by atoms with Gasteiger partial charge in [0, 0.05) is 12.0 Å². The number of esters is 1. The molecule has 0 aromatic carbocycles. The van der Waals surface area contributed by atoms with Crippen molar-refractivity contribution < 1.29 is 14.6 Å². The fourth-order valence-electron chi connectivity index (χ4n) is 2.02. The van der Waals surface area contributed by atoms with Crippen molar-refractivity contribution in [3.8, 4) is 0 Å². The van der Waals surface area contributed by atoms with Crippen LogP contribution in [0.1, 0.15) is 85.0 Å². The van der Waals surface area contributed by atoms with Crippen molar-refractivity contribution in [3.63, 3.8) is 0 Å². The van der Waals surface area contributed by atoms with Crippen LogP contribution in [0.15, 0.2) is 11.6 Å². The standard InChI is InChI=1S/C17H32O3/c1-4-6-7-8-9-10-11-12-13-14-16(18)20-17(19)15(3)5-2/h5,16,18H,4,6-14H2,1-3H3/b15-5+. The first-order valence-electron chi connectivity index (χ1n) is 8.13. The Hall–Kier alpha value is -0.830. The van der Waals surface area contributed by atoms with E-state index in [0.717, 1.165) is 12.8 Å². The lowest BCUT2D eigenvalue weighted by atomic mass is 10.1. The van der Waals surface area contributed by atoms with Crippen molar-refractivity contribution in [2.45, 2.75) is 91.3 Å². The van der Waals surface area contributed by atoms with Crippen LogP contribution in [0, 0.1) is 0 Å². The Balaban J connectivity index is 3.40. The third-order valence-corrected chi connectivity index (χ3v) is 3.55. The van der Waals surface area contributed by atoms with Gasteiger partial charge in [-0.2, -0.15) is 0 Å². The molecule has 0 saturated heterocycles. The van der Waals surface area contributed by atoms with E-state index in [9.17, 15) is 9.90 Å². The van der Waals surface area contributed by atoms with Gasteiger partial charge in [0.05, 0.1) is 0 Å². The molecule has 3 heteroatoms. The zero-order valence-electron chi connectivity index (χ0n) is 13.5. The Kier molecular flexibility index (Phi) is 12.6. The number of unbranched alkanes of at least 4 members (excludes halogenated alkanes) is 8. The minimum Gasteiger partial charge on any atom is -0.433 e. The van der Waals surface area contributed by atoms with Crippen LogP contribution in [0.4, 0.5) is 0 Å². The summed E-state index contributed by atoms with van der Waals surface area (Å²) in [6, 6.07) is 0. The maximum Gasteiger partial charge on any atom is 0.335 e. The van der Waals surface area contributed by atoms with Crippen molar-refractivity contribution in [2.24, 2.45) is 0 Å². The summed E-state index contributed by atoms with van der Waals surface area (Å²) >= 11 is 0. The molecule has 0 aliphatic carbocycles.